The summed E-state index contributed by atoms with van der Waals surface area (Å²) in [5.41, 5.74) is -0.546. The minimum Gasteiger partial charge on any atom is -0.346 e. The molecule has 5 nitrogen and oxygen atoms in total. The van der Waals surface area contributed by atoms with E-state index in [4.69, 9.17) is 11.6 Å². The number of hydrogen-bond donors (Lipinski definition) is 2. The van der Waals surface area contributed by atoms with Crippen molar-refractivity contribution >= 4 is 17.5 Å². The van der Waals surface area contributed by atoms with E-state index in [1.807, 2.05) is 13.8 Å². The highest BCUT2D eigenvalue weighted by Crippen LogP contribution is 2.09. The molecule has 0 aliphatic heterocycles. The van der Waals surface area contributed by atoms with Gasteiger partial charge in [0.15, 0.2) is 0 Å². The van der Waals surface area contributed by atoms with Gasteiger partial charge in [-0.25, -0.2) is 5.10 Å². The summed E-state index contributed by atoms with van der Waals surface area (Å²) >= 11 is 5.62. The molecule has 2 N–H and O–H groups in total. The third-order valence-electron chi connectivity index (χ3n) is 2.08. The molecule has 0 aliphatic rings. The Morgan fingerprint density at radius 2 is 2.25 bits per heavy atom. The van der Waals surface area contributed by atoms with Crippen molar-refractivity contribution in [1.29, 1.82) is 0 Å². The largest absolute Gasteiger partial charge is 0.346 e. The molecule has 88 valence electrons. The molecule has 0 radical (unpaired) electrons. The fourth-order valence-corrected chi connectivity index (χ4v) is 1.61. The molecule has 0 unspecified atom stereocenters. The van der Waals surface area contributed by atoms with Crippen LogP contribution in [0.5, 0.6) is 0 Å². The van der Waals surface area contributed by atoms with Gasteiger partial charge in [-0.1, -0.05) is 0 Å². The van der Waals surface area contributed by atoms with Crippen molar-refractivity contribution in [3.63, 3.8) is 0 Å². The van der Waals surface area contributed by atoms with Gasteiger partial charge in [-0.05, 0) is 26.3 Å². The Morgan fingerprint density at radius 3 is 2.75 bits per heavy atom. The zero-order chi connectivity index (χ0) is 12.2. The van der Waals surface area contributed by atoms with Gasteiger partial charge in [-0.2, -0.15) is 5.10 Å². The quantitative estimate of drug-likeness (QED) is 0.772. The summed E-state index contributed by atoms with van der Waals surface area (Å²) in [5.74, 6) is 0.137. The molecular weight excluding hydrogens is 230 g/mol. The molecule has 0 fully saturated rings. The molecule has 16 heavy (non-hydrogen) atoms. The SMILES string of the molecule is CC(C)(CCCl)NC(=O)c1ccc(=O)[nH]n1. The number of amides is 1. The van der Waals surface area contributed by atoms with Crippen molar-refractivity contribution in [3.8, 4) is 0 Å². The highest BCUT2D eigenvalue weighted by molar-refractivity contribution is 6.17. The molecule has 0 saturated heterocycles. The first-order valence-corrected chi connectivity index (χ1v) is 5.42. The van der Waals surface area contributed by atoms with Gasteiger partial charge in [0, 0.05) is 17.5 Å². The van der Waals surface area contributed by atoms with Crippen LogP contribution >= 0.6 is 11.6 Å². The molecule has 0 aliphatic carbocycles. The van der Waals surface area contributed by atoms with E-state index in [0.717, 1.165) is 0 Å². The van der Waals surface area contributed by atoms with Crippen molar-refractivity contribution < 1.29 is 4.79 Å². The second kappa shape index (κ2) is 5.12. The number of carbonyl (C=O) groups excluding carboxylic acids is 1. The van der Waals surface area contributed by atoms with E-state index < -0.39 is 5.54 Å². The van der Waals surface area contributed by atoms with Crippen LogP contribution in [0.2, 0.25) is 0 Å². The Balaban J connectivity index is 2.72. The van der Waals surface area contributed by atoms with Crippen LogP contribution in [-0.4, -0.2) is 27.5 Å². The van der Waals surface area contributed by atoms with Crippen molar-refractivity contribution in [2.75, 3.05) is 5.88 Å². The van der Waals surface area contributed by atoms with Gasteiger partial charge < -0.3 is 5.32 Å². The van der Waals surface area contributed by atoms with Gasteiger partial charge in [0.05, 0.1) is 0 Å². The average Bonchev–Trinajstić information content (AvgIpc) is 2.17. The van der Waals surface area contributed by atoms with Crippen LogP contribution in [0.1, 0.15) is 30.8 Å². The summed E-state index contributed by atoms with van der Waals surface area (Å²) in [5, 5.41) is 8.63. The van der Waals surface area contributed by atoms with Crippen LogP contribution in [0.25, 0.3) is 0 Å². The predicted molar refractivity (Wildman–Crippen MR) is 61.7 cm³/mol. The van der Waals surface area contributed by atoms with E-state index in [-0.39, 0.29) is 17.2 Å². The number of nitrogens with zero attached hydrogens (tertiary/aromatic N) is 1. The highest BCUT2D eigenvalue weighted by Gasteiger charge is 2.21. The molecule has 1 aromatic rings. The van der Waals surface area contributed by atoms with Crippen molar-refractivity contribution in [2.45, 2.75) is 25.8 Å². The van der Waals surface area contributed by atoms with Gasteiger partial charge in [-0.3, -0.25) is 9.59 Å². The standard InChI is InChI=1S/C10H14ClN3O2/c1-10(2,5-6-11)12-9(16)7-3-4-8(15)14-13-7/h3-4H,5-6H2,1-2H3,(H,12,16)(H,14,15). The average molecular weight is 244 g/mol. The van der Waals surface area contributed by atoms with Gasteiger partial charge in [0.1, 0.15) is 5.69 Å². The summed E-state index contributed by atoms with van der Waals surface area (Å²) in [6, 6.07) is 2.64. The Hall–Kier alpha value is -1.36. The van der Waals surface area contributed by atoms with E-state index in [1.165, 1.54) is 12.1 Å². The minimum atomic E-state index is -0.392. The van der Waals surface area contributed by atoms with Crippen molar-refractivity contribution in [3.05, 3.63) is 28.2 Å². The first kappa shape index (κ1) is 12.7. The fourth-order valence-electron chi connectivity index (χ4n) is 1.14. The predicted octanol–water partition coefficient (Wildman–Crippen LogP) is 0.907. The van der Waals surface area contributed by atoms with E-state index >= 15 is 0 Å². The number of nitrogens with one attached hydrogen (secondary N) is 2. The molecule has 0 spiro atoms. The first-order chi connectivity index (χ1) is 7.44. The topological polar surface area (TPSA) is 74.8 Å². The van der Waals surface area contributed by atoms with Gasteiger partial charge in [0.25, 0.3) is 11.5 Å². The summed E-state index contributed by atoms with van der Waals surface area (Å²) in [6.45, 7) is 3.75. The zero-order valence-electron chi connectivity index (χ0n) is 9.21. The summed E-state index contributed by atoms with van der Waals surface area (Å²) in [7, 11) is 0. The molecule has 1 rings (SSSR count). The molecule has 0 bridgehead atoms. The number of aromatic amines is 1. The van der Waals surface area contributed by atoms with Crippen molar-refractivity contribution in [2.24, 2.45) is 0 Å². The first-order valence-electron chi connectivity index (χ1n) is 4.89. The maximum absolute atomic E-state index is 11.7. The molecule has 0 atom stereocenters. The third-order valence-corrected chi connectivity index (χ3v) is 2.27. The number of halogens is 1. The van der Waals surface area contributed by atoms with E-state index in [2.05, 4.69) is 15.5 Å². The molecule has 1 aromatic heterocycles. The van der Waals surface area contributed by atoms with Crippen LogP contribution in [0.15, 0.2) is 16.9 Å². The number of H-pyrrole nitrogens is 1. The van der Waals surface area contributed by atoms with E-state index in [1.54, 1.807) is 0 Å². The Morgan fingerprint density at radius 1 is 1.56 bits per heavy atom. The second-order valence-electron chi connectivity index (χ2n) is 4.08. The van der Waals surface area contributed by atoms with Crippen LogP contribution in [0.3, 0.4) is 0 Å². The maximum atomic E-state index is 11.7. The Bertz CT molecular complexity index is 408. The summed E-state index contributed by atoms with van der Waals surface area (Å²) in [6.07, 6.45) is 0.656. The molecule has 0 aromatic carbocycles. The fraction of sp³-hybridized carbons (Fsp3) is 0.500. The number of rotatable bonds is 4. The highest BCUT2D eigenvalue weighted by atomic mass is 35.5. The molecule has 0 saturated carbocycles. The van der Waals surface area contributed by atoms with Crippen LogP contribution < -0.4 is 10.9 Å². The number of alkyl halides is 1. The lowest BCUT2D eigenvalue weighted by Crippen LogP contribution is -2.44. The maximum Gasteiger partial charge on any atom is 0.272 e. The van der Waals surface area contributed by atoms with Crippen LogP contribution in [0, 0.1) is 0 Å². The second-order valence-corrected chi connectivity index (χ2v) is 4.46. The third kappa shape index (κ3) is 3.66. The van der Waals surface area contributed by atoms with Crippen LogP contribution in [0.4, 0.5) is 0 Å². The molecular formula is C10H14ClN3O2. The monoisotopic (exact) mass is 243 g/mol. The lowest BCUT2D eigenvalue weighted by molar-refractivity contribution is 0.0905. The Labute approximate surface area is 98.2 Å². The summed E-state index contributed by atoms with van der Waals surface area (Å²) in [4.78, 5) is 22.5. The lowest BCUT2D eigenvalue weighted by Gasteiger charge is -2.24. The Kier molecular flexibility index (Phi) is 4.06. The number of hydrogen-bond acceptors (Lipinski definition) is 3. The molecule has 6 heteroatoms. The van der Waals surface area contributed by atoms with Crippen molar-refractivity contribution in [1.82, 2.24) is 15.5 Å². The van der Waals surface area contributed by atoms with Gasteiger partial charge >= 0.3 is 0 Å². The molecule has 1 amide bonds. The lowest BCUT2D eigenvalue weighted by atomic mass is 10.0. The van der Waals surface area contributed by atoms with Gasteiger partial charge in [0.2, 0.25) is 0 Å². The number of carbonyl (C=O) groups is 1. The van der Waals surface area contributed by atoms with E-state index in [9.17, 15) is 9.59 Å². The summed E-state index contributed by atoms with van der Waals surface area (Å²) < 4.78 is 0. The van der Waals surface area contributed by atoms with Gasteiger partial charge in [-0.15, -0.1) is 11.6 Å². The number of aromatic nitrogens is 2. The molecule has 1 heterocycles. The zero-order valence-corrected chi connectivity index (χ0v) is 9.97. The van der Waals surface area contributed by atoms with E-state index in [0.29, 0.717) is 12.3 Å². The minimum absolute atomic E-state index is 0.183. The van der Waals surface area contributed by atoms with Crippen LogP contribution in [-0.2, 0) is 0 Å². The normalized spacial score (nSPS) is 11.2. The smallest absolute Gasteiger partial charge is 0.272 e.